The van der Waals surface area contributed by atoms with Crippen molar-refractivity contribution in [3.63, 3.8) is 0 Å². The Bertz CT molecular complexity index is 578. The Hall–Kier alpha value is -1.45. The zero-order chi connectivity index (χ0) is 13.9. The van der Waals surface area contributed by atoms with E-state index in [1.807, 2.05) is 36.0 Å². The maximum absolute atomic E-state index is 9.48. The quantitative estimate of drug-likeness (QED) is 0.921. The van der Waals surface area contributed by atoms with E-state index in [1.54, 1.807) is 6.92 Å². The highest BCUT2D eigenvalue weighted by molar-refractivity contribution is 7.99. The summed E-state index contributed by atoms with van der Waals surface area (Å²) < 4.78 is 5.89. The molecule has 2 atom stereocenters. The second-order valence-electron chi connectivity index (χ2n) is 5.10. The van der Waals surface area contributed by atoms with Gasteiger partial charge in [-0.05, 0) is 36.2 Å². The molecule has 0 amide bonds. The van der Waals surface area contributed by atoms with Crippen molar-refractivity contribution in [2.24, 2.45) is 0 Å². The fraction of sp³-hybridized carbons (Fsp3) is 0.294. The third-order valence-corrected chi connectivity index (χ3v) is 4.86. The lowest BCUT2D eigenvalue weighted by molar-refractivity contribution is 0.199. The molecule has 0 radical (unpaired) electrons. The van der Waals surface area contributed by atoms with Crippen molar-refractivity contribution in [1.29, 1.82) is 0 Å². The lowest BCUT2D eigenvalue weighted by Gasteiger charge is -2.13. The van der Waals surface area contributed by atoms with Crippen LogP contribution in [0.5, 0.6) is 5.75 Å². The Kier molecular flexibility index (Phi) is 3.99. The summed E-state index contributed by atoms with van der Waals surface area (Å²) in [6, 6.07) is 16.2. The number of rotatable bonds is 4. The van der Waals surface area contributed by atoms with Crippen LogP contribution in [0.25, 0.3) is 0 Å². The Morgan fingerprint density at radius 1 is 1.20 bits per heavy atom. The molecule has 2 aromatic rings. The molecule has 1 heterocycles. The molecule has 1 aliphatic rings. The van der Waals surface area contributed by atoms with Gasteiger partial charge in [-0.1, -0.05) is 30.3 Å². The van der Waals surface area contributed by atoms with E-state index in [2.05, 4.69) is 24.3 Å². The molecule has 0 saturated carbocycles. The molecule has 0 fully saturated rings. The lowest BCUT2D eigenvalue weighted by Crippen LogP contribution is -2.09. The predicted molar refractivity (Wildman–Crippen MR) is 82.5 cm³/mol. The fourth-order valence-corrected chi connectivity index (χ4v) is 3.64. The number of aliphatic hydroxyl groups excluding tert-OH is 1. The van der Waals surface area contributed by atoms with Crippen LogP contribution in [0.15, 0.2) is 53.4 Å². The standard InChI is InChI=1S/C17H18O2S/c1-12(18)13-6-8-15(9-7-13)19-10-14-11-20-17-5-3-2-4-16(14)17/h2-9,12,14,18H,10-11H2,1H3. The molecule has 104 valence electrons. The molecule has 0 aliphatic carbocycles. The largest absolute Gasteiger partial charge is 0.493 e. The van der Waals surface area contributed by atoms with E-state index >= 15 is 0 Å². The van der Waals surface area contributed by atoms with Crippen LogP contribution in [0, 0.1) is 0 Å². The number of aliphatic hydroxyl groups is 1. The van der Waals surface area contributed by atoms with Crippen LogP contribution in [0.4, 0.5) is 0 Å². The van der Waals surface area contributed by atoms with Gasteiger partial charge < -0.3 is 9.84 Å². The average Bonchev–Trinajstić information content (AvgIpc) is 2.89. The van der Waals surface area contributed by atoms with Crippen molar-refractivity contribution >= 4 is 11.8 Å². The minimum atomic E-state index is -0.429. The number of ether oxygens (including phenoxy) is 1. The van der Waals surface area contributed by atoms with Crippen LogP contribution in [0.2, 0.25) is 0 Å². The summed E-state index contributed by atoms with van der Waals surface area (Å²) >= 11 is 1.90. The van der Waals surface area contributed by atoms with Gasteiger partial charge in [0.25, 0.3) is 0 Å². The molecule has 1 aliphatic heterocycles. The van der Waals surface area contributed by atoms with Gasteiger partial charge in [-0.2, -0.15) is 0 Å². The minimum Gasteiger partial charge on any atom is -0.493 e. The maximum atomic E-state index is 9.48. The summed E-state index contributed by atoms with van der Waals surface area (Å²) in [4.78, 5) is 1.38. The zero-order valence-corrected chi connectivity index (χ0v) is 12.3. The van der Waals surface area contributed by atoms with Gasteiger partial charge >= 0.3 is 0 Å². The number of fused-ring (bicyclic) bond motifs is 1. The summed E-state index contributed by atoms with van der Waals surface area (Å²) in [5, 5.41) is 9.48. The van der Waals surface area contributed by atoms with Gasteiger partial charge in [0.15, 0.2) is 0 Å². The molecule has 0 spiro atoms. The van der Waals surface area contributed by atoms with Gasteiger partial charge in [0.2, 0.25) is 0 Å². The molecule has 2 nitrogen and oxygen atoms in total. The first kappa shape index (κ1) is 13.5. The monoisotopic (exact) mass is 286 g/mol. The van der Waals surface area contributed by atoms with Crippen molar-refractivity contribution in [2.45, 2.75) is 23.8 Å². The second-order valence-corrected chi connectivity index (χ2v) is 6.16. The first-order valence-electron chi connectivity index (χ1n) is 6.86. The first-order chi connectivity index (χ1) is 9.74. The molecular weight excluding hydrogens is 268 g/mol. The number of hydrogen-bond acceptors (Lipinski definition) is 3. The number of hydrogen-bond donors (Lipinski definition) is 1. The van der Waals surface area contributed by atoms with Crippen molar-refractivity contribution < 1.29 is 9.84 Å². The van der Waals surface area contributed by atoms with Crippen molar-refractivity contribution in [3.05, 3.63) is 59.7 Å². The van der Waals surface area contributed by atoms with E-state index in [1.165, 1.54) is 10.5 Å². The molecule has 2 unspecified atom stereocenters. The summed E-state index contributed by atoms with van der Waals surface area (Å²) in [5.74, 6) is 2.42. The topological polar surface area (TPSA) is 29.5 Å². The van der Waals surface area contributed by atoms with E-state index in [9.17, 15) is 5.11 Å². The van der Waals surface area contributed by atoms with Gasteiger partial charge in [-0.3, -0.25) is 0 Å². The predicted octanol–water partition coefficient (Wildman–Crippen LogP) is 4.01. The molecule has 1 N–H and O–H groups in total. The van der Waals surface area contributed by atoms with Crippen molar-refractivity contribution in [1.82, 2.24) is 0 Å². The van der Waals surface area contributed by atoms with Gasteiger partial charge in [-0.15, -0.1) is 11.8 Å². The summed E-state index contributed by atoms with van der Waals surface area (Å²) in [6.07, 6.45) is -0.429. The molecule has 3 heteroatoms. The Labute approximate surface area is 123 Å². The highest BCUT2D eigenvalue weighted by atomic mass is 32.2. The normalized spacial score (nSPS) is 18.6. The maximum Gasteiger partial charge on any atom is 0.119 e. The average molecular weight is 286 g/mol. The first-order valence-corrected chi connectivity index (χ1v) is 7.85. The molecule has 3 rings (SSSR count). The zero-order valence-electron chi connectivity index (χ0n) is 11.5. The van der Waals surface area contributed by atoms with Gasteiger partial charge in [0.05, 0.1) is 12.7 Å². The molecule has 20 heavy (non-hydrogen) atoms. The highest BCUT2D eigenvalue weighted by Crippen LogP contribution is 2.39. The van der Waals surface area contributed by atoms with Crippen molar-refractivity contribution in [2.75, 3.05) is 12.4 Å². The number of thioether (sulfide) groups is 1. The molecule has 0 aromatic heterocycles. The molecule has 0 saturated heterocycles. The van der Waals surface area contributed by atoms with Gasteiger partial charge in [-0.25, -0.2) is 0 Å². The van der Waals surface area contributed by atoms with Crippen LogP contribution in [0.3, 0.4) is 0 Å². The van der Waals surface area contributed by atoms with E-state index < -0.39 is 6.10 Å². The van der Waals surface area contributed by atoms with Gasteiger partial charge in [0, 0.05) is 16.6 Å². The van der Waals surface area contributed by atoms with E-state index in [-0.39, 0.29) is 0 Å². The van der Waals surface area contributed by atoms with Crippen LogP contribution in [0.1, 0.15) is 30.1 Å². The summed E-state index contributed by atoms with van der Waals surface area (Å²) in [6.45, 7) is 2.47. The Morgan fingerprint density at radius 2 is 1.95 bits per heavy atom. The minimum absolute atomic E-state index is 0.429. The van der Waals surface area contributed by atoms with E-state index in [0.29, 0.717) is 12.5 Å². The summed E-state index contributed by atoms with van der Waals surface area (Å²) in [7, 11) is 0. The lowest BCUT2D eigenvalue weighted by atomic mass is 10.0. The van der Waals surface area contributed by atoms with Crippen LogP contribution >= 0.6 is 11.8 Å². The Balaban J connectivity index is 1.63. The second kappa shape index (κ2) is 5.90. The van der Waals surface area contributed by atoms with Crippen LogP contribution in [-0.4, -0.2) is 17.5 Å². The molecule has 0 bridgehead atoms. The third kappa shape index (κ3) is 2.84. The fourth-order valence-electron chi connectivity index (χ4n) is 2.41. The summed E-state index contributed by atoms with van der Waals surface area (Å²) in [5.41, 5.74) is 2.32. The SMILES string of the molecule is CC(O)c1ccc(OCC2CSc3ccccc32)cc1. The van der Waals surface area contributed by atoms with Gasteiger partial charge in [0.1, 0.15) is 5.75 Å². The third-order valence-electron chi connectivity index (χ3n) is 3.61. The Morgan fingerprint density at radius 3 is 2.70 bits per heavy atom. The molecular formula is C17H18O2S. The smallest absolute Gasteiger partial charge is 0.119 e. The highest BCUT2D eigenvalue weighted by Gasteiger charge is 2.23. The van der Waals surface area contributed by atoms with Crippen LogP contribution in [-0.2, 0) is 0 Å². The number of benzene rings is 2. The van der Waals surface area contributed by atoms with Crippen molar-refractivity contribution in [3.8, 4) is 5.75 Å². The molecule has 2 aromatic carbocycles. The van der Waals surface area contributed by atoms with E-state index in [0.717, 1.165) is 17.1 Å². The van der Waals surface area contributed by atoms with E-state index in [4.69, 9.17) is 4.74 Å². The van der Waals surface area contributed by atoms with Crippen LogP contribution < -0.4 is 4.74 Å².